The first-order valence-corrected chi connectivity index (χ1v) is 7.82. The summed E-state index contributed by atoms with van der Waals surface area (Å²) in [5, 5.41) is 3.50. The molecular weight excluding hydrogens is 248 g/mol. The Balaban J connectivity index is 1.78. The smallest absolute Gasteiger partial charge is 0.162 e. The Morgan fingerprint density at radius 1 is 1.20 bits per heavy atom. The number of hydrogen-bond acceptors (Lipinski definition) is 3. The van der Waals surface area contributed by atoms with Gasteiger partial charge in [0.15, 0.2) is 5.78 Å². The zero-order valence-corrected chi connectivity index (χ0v) is 12.7. The Morgan fingerprint density at radius 2 is 1.85 bits per heavy atom. The second-order valence-electron chi connectivity index (χ2n) is 5.61. The largest absolute Gasteiger partial charge is 0.385 e. The van der Waals surface area contributed by atoms with Crippen molar-refractivity contribution < 1.29 is 4.79 Å². The van der Waals surface area contributed by atoms with Crippen molar-refractivity contribution >= 4 is 11.5 Å². The van der Waals surface area contributed by atoms with E-state index in [1.54, 1.807) is 0 Å². The molecule has 1 saturated heterocycles. The molecule has 0 atom stereocenters. The first kappa shape index (κ1) is 15.0. The Kier molecular flexibility index (Phi) is 5.60. The van der Waals surface area contributed by atoms with Crippen molar-refractivity contribution in [3.05, 3.63) is 29.8 Å². The minimum atomic E-state index is 0.212. The third kappa shape index (κ3) is 4.07. The molecule has 1 heterocycles. The highest BCUT2D eigenvalue weighted by Crippen LogP contribution is 2.18. The molecule has 1 fully saturated rings. The molecule has 2 rings (SSSR count). The molecule has 1 aromatic rings. The summed E-state index contributed by atoms with van der Waals surface area (Å²) >= 11 is 0. The van der Waals surface area contributed by atoms with E-state index in [0.717, 1.165) is 23.7 Å². The van der Waals surface area contributed by atoms with E-state index >= 15 is 0 Å². The molecule has 1 N–H and O–H groups in total. The van der Waals surface area contributed by atoms with Gasteiger partial charge in [0.25, 0.3) is 0 Å². The van der Waals surface area contributed by atoms with Crippen LogP contribution < -0.4 is 5.32 Å². The monoisotopic (exact) mass is 274 g/mol. The summed E-state index contributed by atoms with van der Waals surface area (Å²) in [5.74, 6) is 0.984. The number of hydrogen-bond donors (Lipinski definition) is 1. The highest BCUT2D eigenvalue weighted by atomic mass is 16.1. The van der Waals surface area contributed by atoms with Crippen LogP contribution in [0, 0.1) is 5.92 Å². The van der Waals surface area contributed by atoms with Crippen LogP contribution in [0.15, 0.2) is 24.3 Å². The van der Waals surface area contributed by atoms with E-state index in [9.17, 15) is 4.79 Å². The maximum absolute atomic E-state index is 11.6. The number of piperidine rings is 1. The van der Waals surface area contributed by atoms with Gasteiger partial charge in [0.1, 0.15) is 0 Å². The van der Waals surface area contributed by atoms with E-state index in [4.69, 9.17) is 0 Å². The van der Waals surface area contributed by atoms with Crippen LogP contribution in [0.25, 0.3) is 0 Å². The molecule has 1 aliphatic rings. The van der Waals surface area contributed by atoms with Crippen LogP contribution in [0.5, 0.6) is 0 Å². The summed E-state index contributed by atoms with van der Waals surface area (Å²) in [6.07, 6.45) is 3.14. The maximum atomic E-state index is 11.6. The molecule has 110 valence electrons. The molecule has 3 nitrogen and oxygen atoms in total. The quantitative estimate of drug-likeness (QED) is 0.807. The topological polar surface area (TPSA) is 32.3 Å². The molecular formula is C17H26N2O. The summed E-state index contributed by atoms with van der Waals surface area (Å²) in [6, 6.07) is 7.88. The maximum Gasteiger partial charge on any atom is 0.162 e. The highest BCUT2D eigenvalue weighted by molar-refractivity contribution is 5.96. The van der Waals surface area contributed by atoms with Crippen molar-refractivity contribution in [1.29, 1.82) is 0 Å². The number of nitrogens with zero attached hydrogens (tertiary/aromatic N) is 1. The van der Waals surface area contributed by atoms with Crippen LogP contribution in [-0.2, 0) is 0 Å². The molecule has 20 heavy (non-hydrogen) atoms. The van der Waals surface area contributed by atoms with Gasteiger partial charge in [-0.25, -0.2) is 0 Å². The van der Waals surface area contributed by atoms with Crippen molar-refractivity contribution in [3.8, 4) is 0 Å². The third-order valence-corrected chi connectivity index (χ3v) is 4.28. The molecule has 1 aliphatic heterocycles. The fourth-order valence-corrected chi connectivity index (χ4v) is 2.75. The van der Waals surface area contributed by atoms with Crippen LogP contribution in [0.1, 0.15) is 43.5 Å². The molecule has 0 saturated carbocycles. The number of ketones is 1. The van der Waals surface area contributed by atoms with Crippen LogP contribution in [0.3, 0.4) is 0 Å². The Labute approximate surface area is 122 Å². The average molecular weight is 274 g/mol. The molecule has 0 bridgehead atoms. The zero-order chi connectivity index (χ0) is 14.4. The molecule has 0 amide bonds. The number of anilines is 1. The van der Waals surface area contributed by atoms with Crippen molar-refractivity contribution in [2.45, 2.75) is 33.1 Å². The van der Waals surface area contributed by atoms with Gasteiger partial charge >= 0.3 is 0 Å². The predicted octanol–water partition coefficient (Wildman–Crippen LogP) is 3.42. The Hall–Kier alpha value is -1.35. The summed E-state index contributed by atoms with van der Waals surface area (Å²) in [4.78, 5) is 14.1. The Bertz CT molecular complexity index is 419. The number of carbonyl (C=O) groups excluding carboxylic acids is 1. The predicted molar refractivity (Wildman–Crippen MR) is 84.4 cm³/mol. The summed E-state index contributed by atoms with van der Waals surface area (Å²) in [5.41, 5.74) is 1.94. The van der Waals surface area contributed by atoms with E-state index in [1.807, 2.05) is 31.2 Å². The van der Waals surface area contributed by atoms with E-state index in [1.165, 1.54) is 32.5 Å². The molecule has 3 heteroatoms. The Morgan fingerprint density at radius 3 is 2.40 bits per heavy atom. The minimum Gasteiger partial charge on any atom is -0.385 e. The highest BCUT2D eigenvalue weighted by Gasteiger charge is 2.17. The van der Waals surface area contributed by atoms with Gasteiger partial charge in [-0.3, -0.25) is 4.79 Å². The first-order valence-electron chi connectivity index (χ1n) is 7.82. The van der Waals surface area contributed by atoms with E-state index in [2.05, 4.69) is 17.1 Å². The lowest BCUT2D eigenvalue weighted by molar-refractivity contribution is 0.0988. The third-order valence-electron chi connectivity index (χ3n) is 4.28. The number of rotatable bonds is 6. The molecule has 0 aromatic heterocycles. The molecule has 1 aromatic carbocycles. The van der Waals surface area contributed by atoms with Gasteiger partial charge in [0, 0.05) is 24.2 Å². The van der Waals surface area contributed by atoms with Gasteiger partial charge in [-0.1, -0.05) is 13.8 Å². The van der Waals surface area contributed by atoms with E-state index in [-0.39, 0.29) is 5.78 Å². The fraction of sp³-hybridized carbons (Fsp3) is 0.588. The lowest BCUT2D eigenvalue weighted by Gasteiger charge is -2.31. The van der Waals surface area contributed by atoms with Gasteiger partial charge < -0.3 is 10.2 Å². The van der Waals surface area contributed by atoms with Crippen LogP contribution in [0.4, 0.5) is 5.69 Å². The first-order chi connectivity index (χ1) is 9.72. The molecule has 0 unspecified atom stereocenters. The second-order valence-corrected chi connectivity index (χ2v) is 5.61. The number of carbonyl (C=O) groups is 1. The summed E-state index contributed by atoms with van der Waals surface area (Å²) in [6.45, 7) is 8.81. The van der Waals surface area contributed by atoms with Crippen molar-refractivity contribution in [2.24, 2.45) is 5.92 Å². The van der Waals surface area contributed by atoms with E-state index in [0.29, 0.717) is 6.42 Å². The van der Waals surface area contributed by atoms with E-state index < -0.39 is 0 Å². The van der Waals surface area contributed by atoms with Gasteiger partial charge in [0.05, 0.1) is 0 Å². The second kappa shape index (κ2) is 7.44. The standard InChI is InChI=1S/C17H26N2O/c1-3-17(20)15-5-7-16(8-6-15)18-13-14-9-11-19(4-2)12-10-14/h5-8,14,18H,3-4,9-13H2,1-2H3. The van der Waals surface area contributed by atoms with Crippen LogP contribution >= 0.6 is 0 Å². The van der Waals surface area contributed by atoms with Crippen molar-refractivity contribution in [3.63, 3.8) is 0 Å². The summed E-state index contributed by atoms with van der Waals surface area (Å²) < 4.78 is 0. The number of likely N-dealkylation sites (tertiary alicyclic amines) is 1. The van der Waals surface area contributed by atoms with Gasteiger partial charge in [0.2, 0.25) is 0 Å². The minimum absolute atomic E-state index is 0.212. The average Bonchev–Trinajstić information content (AvgIpc) is 2.53. The number of benzene rings is 1. The lowest BCUT2D eigenvalue weighted by Crippen LogP contribution is -2.35. The fourth-order valence-electron chi connectivity index (χ4n) is 2.75. The zero-order valence-electron chi connectivity index (χ0n) is 12.7. The van der Waals surface area contributed by atoms with Crippen molar-refractivity contribution in [1.82, 2.24) is 4.90 Å². The van der Waals surface area contributed by atoms with Crippen LogP contribution in [-0.4, -0.2) is 36.9 Å². The number of Topliss-reactive ketones (excluding diaryl/α,β-unsaturated/α-hetero) is 1. The molecule has 0 aliphatic carbocycles. The van der Waals surface area contributed by atoms with Gasteiger partial charge in [-0.05, 0) is 62.7 Å². The number of nitrogens with one attached hydrogen (secondary N) is 1. The van der Waals surface area contributed by atoms with Crippen LogP contribution in [0.2, 0.25) is 0 Å². The molecule has 0 spiro atoms. The lowest BCUT2D eigenvalue weighted by atomic mass is 9.96. The summed E-state index contributed by atoms with van der Waals surface area (Å²) in [7, 11) is 0. The normalized spacial score (nSPS) is 17.1. The van der Waals surface area contributed by atoms with Gasteiger partial charge in [-0.2, -0.15) is 0 Å². The SMILES string of the molecule is CCC(=O)c1ccc(NCC2CCN(CC)CC2)cc1. The molecule has 0 radical (unpaired) electrons. The van der Waals surface area contributed by atoms with Crippen molar-refractivity contribution in [2.75, 3.05) is 31.5 Å². The van der Waals surface area contributed by atoms with Gasteiger partial charge in [-0.15, -0.1) is 0 Å².